The molecule has 34 heavy (non-hydrogen) atoms. The summed E-state index contributed by atoms with van der Waals surface area (Å²) in [5.74, 6) is 0.612. The molecular formula is C26H22Cl2N4OS. The fourth-order valence-electron chi connectivity index (χ4n) is 4.39. The van der Waals surface area contributed by atoms with Gasteiger partial charge in [0.1, 0.15) is 11.8 Å². The maximum absolute atomic E-state index is 6.50. The first-order valence-corrected chi connectivity index (χ1v) is 11.9. The molecule has 4 aromatic rings. The molecule has 5 rings (SSSR count). The van der Waals surface area contributed by atoms with Crippen LogP contribution in [-0.2, 0) is 0 Å². The van der Waals surface area contributed by atoms with Gasteiger partial charge in [-0.25, -0.2) is 0 Å². The highest BCUT2D eigenvalue weighted by molar-refractivity contribution is 7.80. The molecular weight excluding hydrogens is 487 g/mol. The molecule has 1 saturated heterocycles. The van der Waals surface area contributed by atoms with Crippen LogP contribution in [0.3, 0.4) is 0 Å². The third-order valence-electron chi connectivity index (χ3n) is 6.01. The highest BCUT2D eigenvalue weighted by Gasteiger charge is 2.42. The van der Waals surface area contributed by atoms with Gasteiger partial charge in [-0.3, -0.25) is 4.98 Å². The molecule has 3 heterocycles. The minimum Gasteiger partial charge on any atom is -0.495 e. The molecule has 0 saturated carbocycles. The molecule has 0 unspecified atom stereocenters. The molecule has 8 heteroatoms. The lowest BCUT2D eigenvalue weighted by molar-refractivity contribution is 0.415. The van der Waals surface area contributed by atoms with Gasteiger partial charge in [0.2, 0.25) is 0 Å². The maximum Gasteiger partial charge on any atom is 0.174 e. The molecule has 0 aliphatic carbocycles. The number of methoxy groups -OCH3 is 1. The van der Waals surface area contributed by atoms with E-state index in [1.807, 2.05) is 67.7 Å². The summed E-state index contributed by atoms with van der Waals surface area (Å²) in [4.78, 5) is 6.73. The number of nitrogens with zero attached hydrogens (tertiary/aromatic N) is 3. The summed E-state index contributed by atoms with van der Waals surface area (Å²) >= 11 is 18.6. The lowest BCUT2D eigenvalue weighted by atomic mass is 10.0. The number of benzene rings is 2. The number of hydrogen-bond acceptors (Lipinski definition) is 3. The van der Waals surface area contributed by atoms with Crippen LogP contribution >= 0.6 is 35.4 Å². The second-order valence-corrected chi connectivity index (χ2v) is 9.25. The third-order valence-corrected chi connectivity index (χ3v) is 7.05. The summed E-state index contributed by atoms with van der Waals surface area (Å²) in [5.41, 5.74) is 4.85. The van der Waals surface area contributed by atoms with E-state index in [1.165, 1.54) is 0 Å². The van der Waals surface area contributed by atoms with Crippen molar-refractivity contribution in [2.75, 3.05) is 12.0 Å². The fourth-order valence-corrected chi connectivity index (χ4v) is 5.10. The minimum absolute atomic E-state index is 0.170. The van der Waals surface area contributed by atoms with Crippen molar-refractivity contribution < 1.29 is 4.74 Å². The largest absolute Gasteiger partial charge is 0.495 e. The minimum atomic E-state index is -0.183. The lowest BCUT2D eigenvalue weighted by Gasteiger charge is -2.29. The number of pyridine rings is 1. The highest BCUT2D eigenvalue weighted by atomic mass is 35.5. The van der Waals surface area contributed by atoms with E-state index >= 15 is 0 Å². The van der Waals surface area contributed by atoms with Crippen LogP contribution in [0.15, 0.2) is 79.1 Å². The number of aromatic nitrogens is 2. The van der Waals surface area contributed by atoms with Crippen molar-refractivity contribution in [1.82, 2.24) is 14.9 Å². The van der Waals surface area contributed by atoms with E-state index in [4.69, 9.17) is 40.2 Å². The van der Waals surface area contributed by atoms with E-state index in [0.717, 1.165) is 33.3 Å². The van der Waals surface area contributed by atoms with E-state index in [-0.39, 0.29) is 12.1 Å². The van der Waals surface area contributed by atoms with Crippen LogP contribution in [0.5, 0.6) is 5.75 Å². The van der Waals surface area contributed by atoms with Crippen molar-refractivity contribution in [2.24, 2.45) is 0 Å². The Bertz CT molecular complexity index is 1360. The third kappa shape index (κ3) is 4.02. The van der Waals surface area contributed by atoms with Gasteiger partial charge in [0.25, 0.3) is 0 Å². The molecule has 0 bridgehead atoms. The highest BCUT2D eigenvalue weighted by Crippen LogP contribution is 2.43. The van der Waals surface area contributed by atoms with E-state index in [1.54, 1.807) is 13.3 Å². The van der Waals surface area contributed by atoms with Gasteiger partial charge in [0.05, 0.1) is 23.9 Å². The van der Waals surface area contributed by atoms with Crippen LogP contribution in [-0.4, -0.2) is 21.8 Å². The molecule has 2 aromatic heterocycles. The Labute approximate surface area is 213 Å². The summed E-state index contributed by atoms with van der Waals surface area (Å²) in [6.07, 6.45) is 3.85. The average Bonchev–Trinajstić information content (AvgIpc) is 3.45. The van der Waals surface area contributed by atoms with Crippen LogP contribution in [0.2, 0.25) is 10.0 Å². The van der Waals surface area contributed by atoms with Crippen molar-refractivity contribution in [1.29, 1.82) is 0 Å². The summed E-state index contributed by atoms with van der Waals surface area (Å²) in [6, 6.07) is 21.4. The Hall–Kier alpha value is -3.06. The van der Waals surface area contributed by atoms with Crippen molar-refractivity contribution in [3.05, 3.63) is 106 Å². The summed E-state index contributed by atoms with van der Waals surface area (Å²) in [6.45, 7) is 2.00. The van der Waals surface area contributed by atoms with Crippen LogP contribution in [0.1, 0.15) is 29.0 Å². The zero-order valence-electron chi connectivity index (χ0n) is 18.6. The average molecular weight is 509 g/mol. The molecule has 172 valence electrons. The van der Waals surface area contributed by atoms with Crippen LogP contribution < -0.4 is 15.0 Å². The van der Waals surface area contributed by atoms with Gasteiger partial charge in [0, 0.05) is 34.5 Å². The van der Waals surface area contributed by atoms with Crippen molar-refractivity contribution >= 4 is 46.2 Å². The number of nitrogens with one attached hydrogen (secondary N) is 1. The first-order valence-electron chi connectivity index (χ1n) is 10.8. The Morgan fingerprint density at radius 3 is 2.50 bits per heavy atom. The number of aryl methyl sites for hydroxylation is 1. The SMILES string of the molecule is COc1ccc(N2C(=S)N[C@H](c3ccccn3)[C@@H]2c2cccn2-c2ccc(Cl)c(C)c2)cc1Cl. The smallest absolute Gasteiger partial charge is 0.174 e. The number of anilines is 1. The van der Waals surface area contributed by atoms with Gasteiger partial charge in [-0.15, -0.1) is 0 Å². The zero-order chi connectivity index (χ0) is 23.8. The summed E-state index contributed by atoms with van der Waals surface area (Å²) < 4.78 is 7.52. The zero-order valence-corrected chi connectivity index (χ0v) is 20.9. The maximum atomic E-state index is 6.50. The standard InChI is InChI=1S/C26H22Cl2N4OS/c1-16-14-17(8-10-19(16)27)31-13-5-7-22(31)25-24(21-6-3-4-12-29-21)30-26(34)32(25)18-9-11-23(33-2)20(28)15-18/h3-15,24-25H,1-2H3,(H,30,34)/t24-,25+/m1/s1. The number of hydrogen-bond donors (Lipinski definition) is 1. The van der Waals surface area contributed by atoms with Crippen LogP contribution in [0.25, 0.3) is 5.69 Å². The first-order chi connectivity index (χ1) is 16.5. The van der Waals surface area contributed by atoms with E-state index in [9.17, 15) is 0 Å². The fraction of sp³-hybridized carbons (Fsp3) is 0.154. The lowest BCUT2D eigenvalue weighted by Crippen LogP contribution is -2.30. The molecule has 1 aliphatic rings. The molecule has 2 aromatic carbocycles. The van der Waals surface area contributed by atoms with Crippen LogP contribution in [0, 0.1) is 6.92 Å². The number of halogens is 2. The Kier molecular flexibility index (Phi) is 6.21. The summed E-state index contributed by atoms with van der Waals surface area (Å²) in [7, 11) is 1.60. The predicted octanol–water partition coefficient (Wildman–Crippen LogP) is 6.67. The van der Waals surface area contributed by atoms with Gasteiger partial charge < -0.3 is 19.5 Å². The first kappa shape index (κ1) is 22.7. The molecule has 0 radical (unpaired) electrons. The Balaban J connectivity index is 1.67. The Morgan fingerprint density at radius 1 is 0.971 bits per heavy atom. The normalized spacial score (nSPS) is 17.6. The Morgan fingerprint density at radius 2 is 1.79 bits per heavy atom. The molecule has 5 nitrogen and oxygen atoms in total. The van der Waals surface area contributed by atoms with Crippen molar-refractivity contribution in [3.63, 3.8) is 0 Å². The van der Waals surface area contributed by atoms with Gasteiger partial charge in [0.15, 0.2) is 5.11 Å². The van der Waals surface area contributed by atoms with Gasteiger partial charge in [-0.2, -0.15) is 0 Å². The molecule has 1 aliphatic heterocycles. The van der Waals surface area contributed by atoms with Gasteiger partial charge >= 0.3 is 0 Å². The number of thiocarbonyl (C=S) groups is 1. The van der Waals surface area contributed by atoms with E-state index < -0.39 is 0 Å². The van der Waals surface area contributed by atoms with Crippen molar-refractivity contribution in [2.45, 2.75) is 19.0 Å². The van der Waals surface area contributed by atoms with Crippen molar-refractivity contribution in [3.8, 4) is 11.4 Å². The topological polar surface area (TPSA) is 42.3 Å². The van der Waals surface area contributed by atoms with E-state index in [0.29, 0.717) is 15.9 Å². The second-order valence-electron chi connectivity index (χ2n) is 8.05. The van der Waals surface area contributed by atoms with Gasteiger partial charge in [-0.05, 0) is 85.4 Å². The summed E-state index contributed by atoms with van der Waals surface area (Å²) in [5, 5.41) is 5.35. The van der Waals surface area contributed by atoms with Crippen LogP contribution in [0.4, 0.5) is 5.69 Å². The quantitative estimate of drug-likeness (QED) is 0.304. The molecule has 1 fully saturated rings. The van der Waals surface area contributed by atoms with Gasteiger partial charge in [-0.1, -0.05) is 29.3 Å². The molecule has 1 N–H and O–H groups in total. The predicted molar refractivity (Wildman–Crippen MR) is 141 cm³/mol. The molecule has 0 amide bonds. The molecule has 0 spiro atoms. The second kappa shape index (κ2) is 9.29. The monoisotopic (exact) mass is 508 g/mol. The number of ether oxygens (including phenoxy) is 1. The number of rotatable bonds is 5. The molecule has 2 atom stereocenters. The van der Waals surface area contributed by atoms with E-state index in [2.05, 4.69) is 31.9 Å².